The molecule has 47 heavy (non-hydrogen) atoms. The van der Waals surface area contributed by atoms with Gasteiger partial charge >= 0.3 is 12.0 Å². The number of likely N-dealkylation sites (tertiary alicyclic amines) is 2. The number of ether oxygens (including phenoxy) is 2. The van der Waals surface area contributed by atoms with E-state index in [1.165, 1.54) is 7.11 Å². The van der Waals surface area contributed by atoms with Crippen LogP contribution in [0.15, 0.2) is 60.7 Å². The number of fused-ring (bicyclic) bond motifs is 1. The van der Waals surface area contributed by atoms with Gasteiger partial charge in [-0.2, -0.15) is 9.97 Å². The topological polar surface area (TPSA) is 114 Å². The molecule has 2 amide bonds. The number of aromatic nitrogens is 2. The third kappa shape index (κ3) is 7.48. The van der Waals surface area contributed by atoms with Crippen molar-refractivity contribution in [2.45, 2.75) is 58.1 Å². The Labute approximate surface area is 276 Å². The van der Waals surface area contributed by atoms with E-state index < -0.39 is 12.1 Å². The van der Waals surface area contributed by atoms with E-state index in [0.29, 0.717) is 47.4 Å². The summed E-state index contributed by atoms with van der Waals surface area (Å²) in [5.41, 5.74) is 3.28. The van der Waals surface area contributed by atoms with Gasteiger partial charge in [-0.3, -0.25) is 9.59 Å². The SMILES string of the molecule is COC(=O)[C@H](Oc1nc(C)c(C(=O)N2CC3CN(CC[C@H](NC(=O)C4CCCC4)c4ccccc4)CC3C2)c(C)n1)c1ccccc1. The third-order valence-electron chi connectivity index (χ3n) is 10.0. The molecule has 3 heterocycles. The number of rotatable bonds is 11. The number of nitrogens with zero attached hydrogens (tertiary/aromatic N) is 4. The summed E-state index contributed by atoms with van der Waals surface area (Å²) in [5.74, 6) is 0.507. The van der Waals surface area contributed by atoms with Crippen LogP contribution in [0.4, 0.5) is 0 Å². The van der Waals surface area contributed by atoms with Crippen molar-refractivity contribution in [3.8, 4) is 6.01 Å². The zero-order chi connectivity index (χ0) is 32.9. The lowest BCUT2D eigenvalue weighted by Gasteiger charge is -2.26. The molecular formula is C37H45N5O5. The Morgan fingerprint density at radius 1 is 0.851 bits per heavy atom. The van der Waals surface area contributed by atoms with Crippen molar-refractivity contribution in [3.05, 3.63) is 88.7 Å². The van der Waals surface area contributed by atoms with Gasteiger partial charge in [0.15, 0.2) is 0 Å². The van der Waals surface area contributed by atoms with E-state index in [9.17, 15) is 14.4 Å². The quantitative estimate of drug-likeness (QED) is 0.297. The molecule has 0 radical (unpaired) electrons. The summed E-state index contributed by atoms with van der Waals surface area (Å²) < 4.78 is 10.9. The highest BCUT2D eigenvalue weighted by atomic mass is 16.6. The molecule has 3 fully saturated rings. The summed E-state index contributed by atoms with van der Waals surface area (Å²) in [6.07, 6.45) is 4.10. The Balaban J connectivity index is 1.05. The normalized spacial score (nSPS) is 20.9. The van der Waals surface area contributed by atoms with Gasteiger partial charge < -0.3 is 24.6 Å². The molecule has 1 aliphatic carbocycles. The molecule has 248 valence electrons. The standard InChI is InChI=1S/C37H45N5O5/c1-24-32(25(2)39-37(38-24)47-33(36(45)46-3)27-14-8-5-9-15-27)35(44)42-22-29-20-41(21-30(29)23-42)19-18-31(26-12-6-4-7-13-26)40-34(43)28-16-10-11-17-28/h4-9,12-15,28-31,33H,10-11,16-23H2,1-3H3,(H,40,43)/t29?,30?,31-,33+/m0/s1. The number of hydrogen-bond acceptors (Lipinski definition) is 8. The lowest BCUT2D eigenvalue weighted by Crippen LogP contribution is -2.37. The predicted octanol–water partition coefficient (Wildman–Crippen LogP) is 4.83. The van der Waals surface area contributed by atoms with Crippen LogP contribution in [0.25, 0.3) is 0 Å². The molecule has 3 aromatic rings. The maximum absolute atomic E-state index is 13.8. The number of hydrogen-bond donors (Lipinski definition) is 1. The monoisotopic (exact) mass is 639 g/mol. The number of benzene rings is 2. The van der Waals surface area contributed by atoms with E-state index in [0.717, 1.165) is 57.3 Å². The van der Waals surface area contributed by atoms with Gasteiger partial charge in [0, 0.05) is 44.2 Å². The van der Waals surface area contributed by atoms with E-state index in [1.807, 2.05) is 41.3 Å². The lowest BCUT2D eigenvalue weighted by molar-refractivity contribution is -0.149. The summed E-state index contributed by atoms with van der Waals surface area (Å²) in [4.78, 5) is 52.7. The van der Waals surface area contributed by atoms with Crippen LogP contribution in [0.3, 0.4) is 0 Å². The highest BCUT2D eigenvalue weighted by Crippen LogP contribution is 2.34. The van der Waals surface area contributed by atoms with Crippen LogP contribution >= 0.6 is 0 Å². The van der Waals surface area contributed by atoms with Crippen LogP contribution in [0.5, 0.6) is 6.01 Å². The van der Waals surface area contributed by atoms with Gasteiger partial charge in [-0.25, -0.2) is 4.79 Å². The zero-order valence-electron chi connectivity index (χ0n) is 27.6. The number of carbonyl (C=O) groups excluding carboxylic acids is 3. The Morgan fingerprint density at radius 3 is 2.00 bits per heavy atom. The smallest absolute Gasteiger partial charge is 0.351 e. The van der Waals surface area contributed by atoms with Gasteiger partial charge in [-0.15, -0.1) is 0 Å². The van der Waals surface area contributed by atoms with E-state index >= 15 is 0 Å². The van der Waals surface area contributed by atoms with Crippen molar-refractivity contribution in [3.63, 3.8) is 0 Å². The average Bonchev–Trinajstić information content (AvgIpc) is 3.84. The molecule has 0 spiro atoms. The highest BCUT2D eigenvalue weighted by Gasteiger charge is 2.42. The van der Waals surface area contributed by atoms with Crippen LogP contribution in [-0.4, -0.2) is 77.4 Å². The molecule has 10 nitrogen and oxygen atoms in total. The van der Waals surface area contributed by atoms with Gasteiger partial charge in [-0.05, 0) is 50.5 Å². The molecular weight excluding hydrogens is 594 g/mol. The Bertz CT molecular complexity index is 1520. The Hall–Kier alpha value is -4.31. The lowest BCUT2D eigenvalue weighted by atomic mass is 10.0. The fourth-order valence-electron chi connectivity index (χ4n) is 7.53. The molecule has 6 rings (SSSR count). The van der Waals surface area contributed by atoms with Crippen LogP contribution in [0.2, 0.25) is 0 Å². The first-order valence-electron chi connectivity index (χ1n) is 16.8. The summed E-state index contributed by atoms with van der Waals surface area (Å²) in [7, 11) is 1.31. The van der Waals surface area contributed by atoms with Crippen LogP contribution in [0.1, 0.15) is 77.1 Å². The van der Waals surface area contributed by atoms with Gasteiger partial charge in [-0.1, -0.05) is 73.5 Å². The number of amides is 2. The minimum absolute atomic E-state index is 0.00342. The number of aryl methyl sites for hydroxylation is 2. The fourth-order valence-corrected chi connectivity index (χ4v) is 7.53. The second-order valence-corrected chi connectivity index (χ2v) is 13.2. The van der Waals surface area contributed by atoms with E-state index in [1.54, 1.807) is 26.0 Å². The van der Waals surface area contributed by atoms with Crippen molar-refractivity contribution < 1.29 is 23.9 Å². The molecule has 1 aromatic heterocycles. The Morgan fingerprint density at radius 2 is 1.43 bits per heavy atom. The largest absolute Gasteiger partial charge is 0.466 e. The van der Waals surface area contributed by atoms with Crippen molar-refractivity contribution in [2.75, 3.05) is 39.8 Å². The number of methoxy groups -OCH3 is 1. The minimum atomic E-state index is -1.02. The average molecular weight is 640 g/mol. The van der Waals surface area contributed by atoms with Gasteiger partial charge in [0.25, 0.3) is 5.91 Å². The summed E-state index contributed by atoms with van der Waals surface area (Å²) in [6.45, 7) is 7.69. The maximum atomic E-state index is 13.8. The first-order chi connectivity index (χ1) is 22.8. The van der Waals surface area contributed by atoms with Crippen LogP contribution in [0, 0.1) is 31.6 Å². The second kappa shape index (κ2) is 14.6. The summed E-state index contributed by atoms with van der Waals surface area (Å²) >= 11 is 0. The van der Waals surface area contributed by atoms with Crippen molar-refractivity contribution in [1.29, 1.82) is 0 Å². The van der Waals surface area contributed by atoms with Crippen molar-refractivity contribution in [2.24, 2.45) is 17.8 Å². The molecule has 1 N–H and O–H groups in total. The highest BCUT2D eigenvalue weighted by molar-refractivity contribution is 5.96. The first kappa shape index (κ1) is 32.6. The molecule has 2 unspecified atom stereocenters. The van der Waals surface area contributed by atoms with Crippen molar-refractivity contribution >= 4 is 17.8 Å². The molecule has 10 heteroatoms. The summed E-state index contributed by atoms with van der Waals surface area (Å²) in [5, 5.41) is 3.37. The van der Waals surface area contributed by atoms with Crippen molar-refractivity contribution in [1.82, 2.24) is 25.1 Å². The first-order valence-corrected chi connectivity index (χ1v) is 16.8. The number of esters is 1. The van der Waals surface area contributed by atoms with Gasteiger partial charge in [0.1, 0.15) is 0 Å². The van der Waals surface area contributed by atoms with Gasteiger partial charge in [0.05, 0.1) is 30.1 Å². The number of carbonyl (C=O) groups is 3. The maximum Gasteiger partial charge on any atom is 0.351 e. The molecule has 3 aliphatic rings. The number of nitrogens with one attached hydrogen (secondary N) is 1. The molecule has 0 bridgehead atoms. The minimum Gasteiger partial charge on any atom is -0.466 e. The summed E-state index contributed by atoms with van der Waals surface area (Å²) in [6, 6.07) is 19.4. The predicted molar refractivity (Wildman–Crippen MR) is 177 cm³/mol. The zero-order valence-corrected chi connectivity index (χ0v) is 27.6. The van der Waals surface area contributed by atoms with E-state index in [2.05, 4.69) is 32.3 Å². The molecule has 2 saturated heterocycles. The Kier molecular flexibility index (Phi) is 10.2. The fraction of sp³-hybridized carbons (Fsp3) is 0.486. The molecule has 2 aromatic carbocycles. The van der Waals surface area contributed by atoms with Gasteiger partial charge in [0.2, 0.25) is 12.0 Å². The molecule has 4 atom stereocenters. The molecule has 1 saturated carbocycles. The third-order valence-corrected chi connectivity index (χ3v) is 10.0. The van der Waals surface area contributed by atoms with E-state index in [-0.39, 0.29) is 29.8 Å². The van der Waals surface area contributed by atoms with E-state index in [4.69, 9.17) is 9.47 Å². The van der Waals surface area contributed by atoms with Crippen LogP contribution < -0.4 is 10.1 Å². The second-order valence-electron chi connectivity index (χ2n) is 13.2. The molecule has 2 aliphatic heterocycles. The van der Waals surface area contributed by atoms with Crippen LogP contribution in [-0.2, 0) is 14.3 Å².